The van der Waals surface area contributed by atoms with E-state index in [9.17, 15) is 18.0 Å². The summed E-state index contributed by atoms with van der Waals surface area (Å²) in [6, 6.07) is 6.40. The van der Waals surface area contributed by atoms with Gasteiger partial charge >= 0.3 is 0 Å². The van der Waals surface area contributed by atoms with Gasteiger partial charge in [-0.3, -0.25) is 14.5 Å². The average molecular weight is 277 g/mol. The van der Waals surface area contributed by atoms with Gasteiger partial charge < -0.3 is 0 Å². The Labute approximate surface area is 111 Å². The van der Waals surface area contributed by atoms with Gasteiger partial charge in [0.25, 0.3) is 11.8 Å². The largest absolute Gasteiger partial charge is 0.273 e. The number of terminal acetylenes is 1. The lowest BCUT2D eigenvalue weighted by Crippen LogP contribution is -2.34. The summed E-state index contributed by atoms with van der Waals surface area (Å²) in [6.45, 7) is -0.170. The van der Waals surface area contributed by atoms with Gasteiger partial charge in [-0.1, -0.05) is 18.1 Å². The van der Waals surface area contributed by atoms with E-state index in [0.717, 1.165) is 4.90 Å². The second-order valence-electron chi connectivity index (χ2n) is 4.10. The van der Waals surface area contributed by atoms with Crippen LogP contribution >= 0.6 is 0 Å². The lowest BCUT2D eigenvalue weighted by Gasteiger charge is -2.12. The van der Waals surface area contributed by atoms with Crippen molar-refractivity contribution in [3.8, 4) is 12.3 Å². The standard InChI is InChI=1S/C13H11NO4S/c1-2-8-19(17,18)9-7-14-12(15)10-5-3-4-6-11(10)13(14)16/h1,3-6H,7-9H2. The van der Waals surface area contributed by atoms with Crippen LogP contribution in [0.1, 0.15) is 20.7 Å². The maximum absolute atomic E-state index is 12.0. The molecule has 0 saturated heterocycles. The summed E-state index contributed by atoms with van der Waals surface area (Å²) in [4.78, 5) is 24.8. The maximum Gasteiger partial charge on any atom is 0.261 e. The fraction of sp³-hybridized carbons (Fsp3) is 0.231. The Morgan fingerprint density at radius 1 is 1.11 bits per heavy atom. The Morgan fingerprint density at radius 2 is 1.63 bits per heavy atom. The number of fused-ring (bicyclic) bond motifs is 1. The first kappa shape index (κ1) is 13.3. The first-order valence-electron chi connectivity index (χ1n) is 5.55. The van der Waals surface area contributed by atoms with Crippen LogP contribution in [0.4, 0.5) is 0 Å². The molecule has 1 aliphatic heterocycles. The first-order valence-corrected chi connectivity index (χ1v) is 7.37. The zero-order valence-corrected chi connectivity index (χ0v) is 10.8. The highest BCUT2D eigenvalue weighted by atomic mass is 32.2. The highest BCUT2D eigenvalue weighted by Crippen LogP contribution is 2.22. The van der Waals surface area contributed by atoms with Gasteiger partial charge in [0.1, 0.15) is 5.75 Å². The molecular weight excluding hydrogens is 266 g/mol. The SMILES string of the molecule is C#CCS(=O)(=O)CCN1C(=O)c2ccccc2C1=O. The van der Waals surface area contributed by atoms with E-state index in [1.165, 1.54) is 0 Å². The summed E-state index contributed by atoms with van der Waals surface area (Å²) < 4.78 is 23.0. The summed E-state index contributed by atoms with van der Waals surface area (Å²) in [5.41, 5.74) is 0.615. The van der Waals surface area contributed by atoms with E-state index >= 15 is 0 Å². The van der Waals surface area contributed by atoms with Crippen LogP contribution in [0.25, 0.3) is 0 Å². The molecule has 0 unspecified atom stereocenters. The van der Waals surface area contributed by atoms with Gasteiger partial charge in [-0.05, 0) is 12.1 Å². The van der Waals surface area contributed by atoms with Crippen molar-refractivity contribution in [3.63, 3.8) is 0 Å². The van der Waals surface area contributed by atoms with E-state index < -0.39 is 27.4 Å². The third-order valence-corrected chi connectivity index (χ3v) is 4.22. The number of benzene rings is 1. The molecule has 19 heavy (non-hydrogen) atoms. The predicted octanol–water partition coefficient (Wildman–Crippen LogP) is 0.331. The minimum atomic E-state index is -3.44. The second kappa shape index (κ2) is 4.86. The van der Waals surface area contributed by atoms with E-state index in [4.69, 9.17) is 6.42 Å². The normalized spacial score (nSPS) is 14.4. The molecule has 1 aliphatic rings. The first-order chi connectivity index (χ1) is 8.96. The number of sulfone groups is 1. The van der Waals surface area contributed by atoms with Crippen LogP contribution in [0.3, 0.4) is 0 Å². The summed E-state index contributed by atoms with van der Waals surface area (Å²) in [7, 11) is -3.44. The van der Waals surface area contributed by atoms with Gasteiger partial charge in [0.15, 0.2) is 9.84 Å². The number of imide groups is 1. The van der Waals surface area contributed by atoms with E-state index in [0.29, 0.717) is 11.1 Å². The summed E-state index contributed by atoms with van der Waals surface area (Å²) >= 11 is 0. The van der Waals surface area contributed by atoms with Gasteiger partial charge in [0, 0.05) is 6.54 Å². The van der Waals surface area contributed by atoms with Crippen molar-refractivity contribution >= 4 is 21.7 Å². The van der Waals surface area contributed by atoms with Gasteiger partial charge in [-0.25, -0.2) is 8.42 Å². The van der Waals surface area contributed by atoms with Crippen LogP contribution in [0.2, 0.25) is 0 Å². The fourth-order valence-corrected chi connectivity index (χ4v) is 2.73. The highest BCUT2D eigenvalue weighted by Gasteiger charge is 2.35. The number of amides is 2. The van der Waals surface area contributed by atoms with Crippen LogP contribution in [-0.4, -0.2) is 43.2 Å². The Morgan fingerprint density at radius 3 is 2.11 bits per heavy atom. The van der Waals surface area contributed by atoms with Gasteiger partial charge in [0.2, 0.25) is 0 Å². The number of nitrogens with zero attached hydrogens (tertiary/aromatic N) is 1. The van der Waals surface area contributed by atoms with Gasteiger partial charge in [-0.2, -0.15) is 0 Å². The molecule has 0 bridgehead atoms. The number of carbonyl (C=O) groups is 2. The zero-order valence-electron chi connectivity index (χ0n) is 10.00. The fourth-order valence-electron chi connectivity index (χ4n) is 1.87. The van der Waals surface area contributed by atoms with Crippen LogP contribution < -0.4 is 0 Å². The molecule has 5 nitrogen and oxygen atoms in total. The molecule has 0 aromatic heterocycles. The second-order valence-corrected chi connectivity index (χ2v) is 6.29. The third kappa shape index (κ3) is 2.51. The molecule has 0 atom stereocenters. The van der Waals surface area contributed by atoms with Gasteiger partial charge in [-0.15, -0.1) is 6.42 Å². The van der Waals surface area contributed by atoms with Crippen molar-refractivity contribution in [3.05, 3.63) is 35.4 Å². The molecule has 2 rings (SSSR count). The Bertz CT molecular complexity index is 650. The molecule has 0 spiro atoms. The molecule has 0 aliphatic carbocycles. The van der Waals surface area contributed by atoms with Crippen molar-refractivity contribution in [1.29, 1.82) is 0 Å². The summed E-state index contributed by atoms with van der Waals surface area (Å²) in [5, 5.41) is 0. The molecule has 0 N–H and O–H groups in total. The molecule has 1 aromatic carbocycles. The Kier molecular flexibility index (Phi) is 3.40. The van der Waals surface area contributed by atoms with Crippen molar-refractivity contribution in [2.75, 3.05) is 18.1 Å². The molecular formula is C13H11NO4S. The van der Waals surface area contributed by atoms with Crippen LogP contribution in [-0.2, 0) is 9.84 Å². The summed E-state index contributed by atoms with van der Waals surface area (Å²) in [6.07, 6.45) is 4.95. The smallest absolute Gasteiger partial charge is 0.261 e. The maximum atomic E-state index is 12.0. The molecule has 98 valence electrons. The van der Waals surface area contributed by atoms with Gasteiger partial charge in [0.05, 0.1) is 16.9 Å². The average Bonchev–Trinajstić information content (AvgIpc) is 2.61. The van der Waals surface area contributed by atoms with Crippen molar-refractivity contribution < 1.29 is 18.0 Å². The number of hydrogen-bond acceptors (Lipinski definition) is 4. The van der Waals surface area contributed by atoms with E-state index in [-0.39, 0.29) is 12.3 Å². The topological polar surface area (TPSA) is 71.5 Å². The Balaban J connectivity index is 2.16. The van der Waals surface area contributed by atoms with Crippen LogP contribution in [0.15, 0.2) is 24.3 Å². The lowest BCUT2D eigenvalue weighted by molar-refractivity contribution is 0.0664. The van der Waals surface area contributed by atoms with E-state index in [1.54, 1.807) is 24.3 Å². The van der Waals surface area contributed by atoms with Crippen molar-refractivity contribution in [1.82, 2.24) is 4.90 Å². The van der Waals surface area contributed by atoms with Crippen LogP contribution in [0, 0.1) is 12.3 Å². The van der Waals surface area contributed by atoms with Crippen LogP contribution in [0.5, 0.6) is 0 Å². The molecule has 0 saturated carbocycles. The van der Waals surface area contributed by atoms with E-state index in [1.807, 2.05) is 5.92 Å². The number of carbonyl (C=O) groups excluding carboxylic acids is 2. The number of hydrogen-bond donors (Lipinski definition) is 0. The molecule has 6 heteroatoms. The molecule has 0 fully saturated rings. The predicted molar refractivity (Wildman–Crippen MR) is 69.3 cm³/mol. The molecule has 1 heterocycles. The lowest BCUT2D eigenvalue weighted by atomic mass is 10.1. The van der Waals surface area contributed by atoms with E-state index in [2.05, 4.69) is 0 Å². The molecule has 1 aromatic rings. The Hall–Kier alpha value is -2.13. The monoisotopic (exact) mass is 277 g/mol. The quantitative estimate of drug-likeness (QED) is 0.587. The van der Waals surface area contributed by atoms with Crippen molar-refractivity contribution in [2.24, 2.45) is 0 Å². The number of rotatable bonds is 4. The summed E-state index contributed by atoms with van der Waals surface area (Å²) in [5.74, 6) is 0.414. The minimum Gasteiger partial charge on any atom is -0.273 e. The highest BCUT2D eigenvalue weighted by molar-refractivity contribution is 7.91. The molecule has 0 radical (unpaired) electrons. The van der Waals surface area contributed by atoms with Crippen molar-refractivity contribution in [2.45, 2.75) is 0 Å². The zero-order chi connectivity index (χ0) is 14.0. The third-order valence-electron chi connectivity index (χ3n) is 2.81. The minimum absolute atomic E-state index is 0.170. The molecule has 2 amide bonds.